The van der Waals surface area contributed by atoms with Gasteiger partial charge in [0.25, 0.3) is 5.22 Å². The van der Waals surface area contributed by atoms with E-state index >= 15 is 0 Å². The second kappa shape index (κ2) is 7.61. The lowest BCUT2D eigenvalue weighted by molar-refractivity contribution is -0.118. The summed E-state index contributed by atoms with van der Waals surface area (Å²) in [6.07, 6.45) is 3.30. The van der Waals surface area contributed by atoms with Gasteiger partial charge in [-0.05, 0) is 12.1 Å². The van der Waals surface area contributed by atoms with Crippen LogP contribution in [0.1, 0.15) is 0 Å². The number of pyridine rings is 1. The largest absolute Gasteiger partial charge is 0.411 e. The SMILES string of the molecule is COCCNC(=O)CSc1nnc(-c2ccncc2)o1. The molecule has 0 saturated heterocycles. The zero-order chi connectivity index (χ0) is 14.2. The van der Waals surface area contributed by atoms with Crippen LogP contribution in [0.5, 0.6) is 0 Å². The van der Waals surface area contributed by atoms with Gasteiger partial charge >= 0.3 is 0 Å². The molecule has 20 heavy (non-hydrogen) atoms. The molecule has 0 bridgehead atoms. The number of nitrogens with one attached hydrogen (secondary N) is 1. The molecule has 0 aromatic carbocycles. The van der Waals surface area contributed by atoms with Crippen molar-refractivity contribution in [3.05, 3.63) is 24.5 Å². The van der Waals surface area contributed by atoms with Crippen LogP contribution in [0, 0.1) is 0 Å². The highest BCUT2D eigenvalue weighted by Gasteiger charge is 2.10. The van der Waals surface area contributed by atoms with Gasteiger partial charge in [0.2, 0.25) is 11.8 Å². The summed E-state index contributed by atoms with van der Waals surface area (Å²) < 4.78 is 10.3. The summed E-state index contributed by atoms with van der Waals surface area (Å²) in [6, 6.07) is 3.55. The molecule has 0 unspecified atom stereocenters. The van der Waals surface area contributed by atoms with Crippen molar-refractivity contribution in [2.45, 2.75) is 5.22 Å². The Morgan fingerprint density at radius 3 is 2.95 bits per heavy atom. The monoisotopic (exact) mass is 294 g/mol. The van der Waals surface area contributed by atoms with Crippen LogP contribution in [0.4, 0.5) is 0 Å². The molecule has 1 N–H and O–H groups in total. The van der Waals surface area contributed by atoms with Crippen LogP contribution in [0.25, 0.3) is 11.5 Å². The molecule has 2 rings (SSSR count). The summed E-state index contributed by atoms with van der Waals surface area (Å²) >= 11 is 1.19. The third-order valence-corrected chi connectivity index (χ3v) is 3.11. The van der Waals surface area contributed by atoms with E-state index in [1.807, 2.05) is 0 Å². The third-order valence-electron chi connectivity index (χ3n) is 2.29. The standard InChI is InChI=1S/C12H14N4O3S/c1-18-7-6-14-10(17)8-20-12-16-15-11(19-12)9-2-4-13-5-3-9/h2-5H,6-8H2,1H3,(H,14,17). The van der Waals surface area contributed by atoms with Gasteiger partial charge in [-0.25, -0.2) is 0 Å². The maximum Gasteiger partial charge on any atom is 0.277 e. The van der Waals surface area contributed by atoms with Crippen LogP contribution >= 0.6 is 11.8 Å². The lowest BCUT2D eigenvalue weighted by Crippen LogP contribution is -2.28. The van der Waals surface area contributed by atoms with Crippen molar-refractivity contribution in [3.63, 3.8) is 0 Å². The van der Waals surface area contributed by atoms with E-state index in [1.54, 1.807) is 31.6 Å². The predicted molar refractivity (Wildman–Crippen MR) is 73.1 cm³/mol. The highest BCUT2D eigenvalue weighted by atomic mass is 32.2. The fourth-order valence-electron chi connectivity index (χ4n) is 1.35. The minimum atomic E-state index is -0.101. The van der Waals surface area contributed by atoms with E-state index in [0.29, 0.717) is 24.3 Å². The van der Waals surface area contributed by atoms with Gasteiger partial charge in [-0.1, -0.05) is 11.8 Å². The first-order valence-electron chi connectivity index (χ1n) is 5.92. The molecule has 7 nitrogen and oxygen atoms in total. The maximum absolute atomic E-state index is 11.5. The van der Waals surface area contributed by atoms with Gasteiger partial charge in [-0.3, -0.25) is 9.78 Å². The molecular weight excluding hydrogens is 280 g/mol. The minimum absolute atomic E-state index is 0.101. The van der Waals surface area contributed by atoms with Crippen molar-refractivity contribution in [2.24, 2.45) is 0 Å². The lowest BCUT2D eigenvalue weighted by Gasteiger charge is -2.02. The van der Waals surface area contributed by atoms with Gasteiger partial charge in [0, 0.05) is 31.6 Å². The first-order chi connectivity index (χ1) is 9.79. The van der Waals surface area contributed by atoms with Crippen LogP contribution in [0.15, 0.2) is 34.2 Å². The molecule has 106 valence electrons. The average molecular weight is 294 g/mol. The Bertz CT molecular complexity index is 547. The van der Waals surface area contributed by atoms with Crippen LogP contribution in [-0.2, 0) is 9.53 Å². The Balaban J connectivity index is 1.83. The van der Waals surface area contributed by atoms with Crippen molar-refractivity contribution >= 4 is 17.7 Å². The van der Waals surface area contributed by atoms with Crippen LogP contribution in [0.3, 0.4) is 0 Å². The number of rotatable bonds is 7. The fourth-order valence-corrected chi connectivity index (χ4v) is 1.94. The Morgan fingerprint density at radius 2 is 2.20 bits per heavy atom. The number of ether oxygens (including phenoxy) is 1. The number of carbonyl (C=O) groups excluding carboxylic acids is 1. The van der Waals surface area contributed by atoms with Crippen molar-refractivity contribution in [3.8, 4) is 11.5 Å². The van der Waals surface area contributed by atoms with Crippen molar-refractivity contribution < 1.29 is 13.9 Å². The van der Waals surface area contributed by atoms with Crippen LogP contribution in [-0.4, -0.2) is 47.1 Å². The topological polar surface area (TPSA) is 90.1 Å². The molecular formula is C12H14N4O3S. The zero-order valence-electron chi connectivity index (χ0n) is 10.9. The van der Waals surface area contributed by atoms with Gasteiger partial charge < -0.3 is 14.5 Å². The number of aromatic nitrogens is 3. The molecule has 0 aliphatic heterocycles. The molecule has 8 heteroatoms. The smallest absolute Gasteiger partial charge is 0.277 e. The Labute approximate surface area is 120 Å². The predicted octanol–water partition coefficient (Wildman–Crippen LogP) is 0.986. The minimum Gasteiger partial charge on any atom is -0.411 e. The van der Waals surface area contributed by atoms with Gasteiger partial charge in [0.15, 0.2) is 0 Å². The normalized spacial score (nSPS) is 10.4. The average Bonchev–Trinajstić information content (AvgIpc) is 2.95. The summed E-state index contributed by atoms with van der Waals surface area (Å²) in [5, 5.41) is 10.9. The molecule has 1 amide bonds. The van der Waals surface area contributed by atoms with E-state index in [0.717, 1.165) is 5.56 Å². The van der Waals surface area contributed by atoms with E-state index in [1.165, 1.54) is 11.8 Å². The third kappa shape index (κ3) is 4.32. The number of amides is 1. The molecule has 0 aliphatic carbocycles. The summed E-state index contributed by atoms with van der Waals surface area (Å²) in [6.45, 7) is 0.977. The number of thioether (sulfide) groups is 1. The molecule has 0 aliphatic rings. The quantitative estimate of drug-likeness (QED) is 0.601. The molecule has 0 fully saturated rings. The van der Waals surface area contributed by atoms with Gasteiger partial charge in [0.1, 0.15) is 0 Å². The molecule has 2 aromatic rings. The van der Waals surface area contributed by atoms with Crippen LogP contribution < -0.4 is 5.32 Å². The molecule has 0 radical (unpaired) electrons. The molecule has 0 spiro atoms. The highest BCUT2D eigenvalue weighted by Crippen LogP contribution is 2.22. The Hall–Kier alpha value is -1.93. The lowest BCUT2D eigenvalue weighted by atomic mass is 10.3. The van der Waals surface area contributed by atoms with Crippen LogP contribution in [0.2, 0.25) is 0 Å². The van der Waals surface area contributed by atoms with Crippen molar-refractivity contribution in [2.75, 3.05) is 26.0 Å². The van der Waals surface area contributed by atoms with E-state index < -0.39 is 0 Å². The fraction of sp³-hybridized carbons (Fsp3) is 0.333. The second-order valence-electron chi connectivity index (χ2n) is 3.74. The highest BCUT2D eigenvalue weighted by molar-refractivity contribution is 7.99. The zero-order valence-corrected chi connectivity index (χ0v) is 11.7. The van der Waals surface area contributed by atoms with E-state index in [2.05, 4.69) is 20.5 Å². The molecule has 2 aromatic heterocycles. The van der Waals surface area contributed by atoms with E-state index in [9.17, 15) is 4.79 Å². The summed E-state index contributed by atoms with van der Waals surface area (Å²) in [5.74, 6) is 0.534. The van der Waals surface area contributed by atoms with Crippen molar-refractivity contribution in [1.82, 2.24) is 20.5 Å². The number of hydrogen-bond donors (Lipinski definition) is 1. The molecule has 2 heterocycles. The molecule has 0 atom stereocenters. The van der Waals surface area contributed by atoms with Gasteiger partial charge in [-0.2, -0.15) is 0 Å². The summed E-state index contributed by atoms with van der Waals surface area (Å²) in [7, 11) is 1.58. The van der Waals surface area contributed by atoms with Crippen molar-refractivity contribution in [1.29, 1.82) is 0 Å². The summed E-state index contributed by atoms with van der Waals surface area (Å²) in [5.41, 5.74) is 0.795. The van der Waals surface area contributed by atoms with Gasteiger partial charge in [-0.15, -0.1) is 10.2 Å². The second-order valence-corrected chi connectivity index (χ2v) is 4.67. The molecule has 0 saturated carbocycles. The first-order valence-corrected chi connectivity index (χ1v) is 6.90. The number of nitrogens with zero attached hydrogens (tertiary/aromatic N) is 3. The number of methoxy groups -OCH3 is 1. The Morgan fingerprint density at radius 1 is 1.40 bits per heavy atom. The van der Waals surface area contributed by atoms with E-state index in [4.69, 9.17) is 9.15 Å². The summed E-state index contributed by atoms with van der Waals surface area (Å²) in [4.78, 5) is 15.4. The number of hydrogen-bond acceptors (Lipinski definition) is 7. The van der Waals surface area contributed by atoms with Gasteiger partial charge in [0.05, 0.1) is 12.4 Å². The maximum atomic E-state index is 11.5. The number of carbonyl (C=O) groups is 1. The van der Waals surface area contributed by atoms with E-state index in [-0.39, 0.29) is 11.7 Å². The first kappa shape index (κ1) is 14.5. The Kier molecular flexibility index (Phi) is 5.51.